The van der Waals surface area contributed by atoms with Crippen LogP contribution in [0.5, 0.6) is 0 Å². The van der Waals surface area contributed by atoms with E-state index in [4.69, 9.17) is 0 Å². The Morgan fingerprint density at radius 2 is 2.13 bits per heavy atom. The second kappa shape index (κ2) is 6.71. The fourth-order valence-corrected chi connectivity index (χ4v) is 3.61. The topological polar surface area (TPSA) is 27.6 Å². The SMILES string of the molecule is CC1=CC=C1/C(C)=N/NCC(C)N1CCc2ccccc2[C@H]1C. The van der Waals surface area contributed by atoms with E-state index >= 15 is 0 Å². The minimum absolute atomic E-state index is 0.460. The lowest BCUT2D eigenvalue weighted by Gasteiger charge is -2.39. The van der Waals surface area contributed by atoms with Crippen molar-refractivity contribution in [3.8, 4) is 0 Å². The molecule has 0 radical (unpaired) electrons. The number of hydrazone groups is 1. The molecule has 0 spiro atoms. The summed E-state index contributed by atoms with van der Waals surface area (Å²) in [5, 5.41) is 4.53. The van der Waals surface area contributed by atoms with Crippen LogP contribution in [0.4, 0.5) is 0 Å². The van der Waals surface area contributed by atoms with E-state index in [1.54, 1.807) is 0 Å². The molecule has 0 fully saturated rings. The Bertz CT molecular complexity index is 669. The van der Waals surface area contributed by atoms with Crippen LogP contribution in [-0.2, 0) is 6.42 Å². The Labute approximate surface area is 139 Å². The molecule has 3 nitrogen and oxygen atoms in total. The van der Waals surface area contributed by atoms with Crippen LogP contribution in [0, 0.1) is 0 Å². The van der Waals surface area contributed by atoms with Crippen LogP contribution in [0.3, 0.4) is 0 Å². The predicted octanol–water partition coefficient (Wildman–Crippen LogP) is 3.85. The molecular weight excluding hydrogens is 282 g/mol. The molecule has 1 heterocycles. The average Bonchev–Trinajstić information content (AvgIpc) is 2.53. The van der Waals surface area contributed by atoms with Crippen LogP contribution in [0.1, 0.15) is 44.9 Å². The van der Waals surface area contributed by atoms with Gasteiger partial charge in [-0.15, -0.1) is 0 Å². The van der Waals surface area contributed by atoms with Gasteiger partial charge in [0.1, 0.15) is 0 Å². The van der Waals surface area contributed by atoms with Crippen molar-refractivity contribution < 1.29 is 0 Å². The summed E-state index contributed by atoms with van der Waals surface area (Å²) < 4.78 is 0. The molecule has 2 aliphatic rings. The van der Waals surface area contributed by atoms with E-state index in [-0.39, 0.29) is 0 Å². The van der Waals surface area contributed by atoms with Crippen molar-refractivity contribution in [1.82, 2.24) is 10.3 Å². The van der Waals surface area contributed by atoms with Gasteiger partial charge in [-0.05, 0) is 50.8 Å². The van der Waals surface area contributed by atoms with E-state index in [9.17, 15) is 0 Å². The number of fused-ring (bicyclic) bond motifs is 1. The van der Waals surface area contributed by atoms with Crippen LogP contribution in [0.25, 0.3) is 0 Å². The van der Waals surface area contributed by atoms with Gasteiger partial charge in [-0.25, -0.2) is 0 Å². The molecule has 3 heteroatoms. The number of nitrogens with zero attached hydrogens (tertiary/aromatic N) is 2. The zero-order valence-corrected chi connectivity index (χ0v) is 14.6. The molecule has 1 unspecified atom stereocenters. The Kier molecular flexibility index (Phi) is 4.67. The number of hydrogen-bond donors (Lipinski definition) is 1. The highest BCUT2D eigenvalue weighted by atomic mass is 15.3. The first kappa shape index (κ1) is 16.0. The molecule has 23 heavy (non-hydrogen) atoms. The van der Waals surface area contributed by atoms with Gasteiger partial charge in [-0.2, -0.15) is 5.10 Å². The van der Waals surface area contributed by atoms with E-state index in [1.165, 1.54) is 22.3 Å². The van der Waals surface area contributed by atoms with Gasteiger partial charge >= 0.3 is 0 Å². The molecule has 1 aromatic rings. The first-order chi connectivity index (χ1) is 11.1. The minimum Gasteiger partial charge on any atom is -0.308 e. The molecule has 3 rings (SSSR count). The zero-order valence-electron chi connectivity index (χ0n) is 14.6. The van der Waals surface area contributed by atoms with Gasteiger partial charge < -0.3 is 5.43 Å². The maximum atomic E-state index is 4.53. The molecule has 1 aliphatic heterocycles. The Morgan fingerprint density at radius 1 is 1.35 bits per heavy atom. The fraction of sp³-hybridized carbons (Fsp3) is 0.450. The Balaban J connectivity index is 1.57. The third-order valence-corrected chi connectivity index (χ3v) is 5.16. The third kappa shape index (κ3) is 3.25. The largest absolute Gasteiger partial charge is 0.308 e. The van der Waals surface area contributed by atoms with Crippen molar-refractivity contribution in [2.45, 2.75) is 46.2 Å². The summed E-state index contributed by atoms with van der Waals surface area (Å²) in [6.45, 7) is 10.8. The lowest BCUT2D eigenvalue weighted by atomic mass is 9.92. The van der Waals surface area contributed by atoms with Crippen LogP contribution in [-0.4, -0.2) is 29.7 Å². The lowest BCUT2D eigenvalue weighted by molar-refractivity contribution is 0.142. The highest BCUT2D eigenvalue weighted by Crippen LogP contribution is 2.30. The monoisotopic (exact) mass is 309 g/mol. The maximum Gasteiger partial charge on any atom is 0.0646 e. The summed E-state index contributed by atoms with van der Waals surface area (Å²) in [6.07, 6.45) is 5.40. The standard InChI is InChI=1S/C20H27N3/c1-14-9-10-19(14)16(3)22-21-13-15(2)23-12-11-18-7-5-6-8-20(18)17(23)4/h5-10,15,17,21H,11-13H2,1-4H3/b22-16+/t15?,17-/m1/s1. The van der Waals surface area contributed by atoms with Crippen LogP contribution < -0.4 is 5.43 Å². The first-order valence-corrected chi connectivity index (χ1v) is 8.58. The molecule has 1 aliphatic carbocycles. The van der Waals surface area contributed by atoms with Crippen molar-refractivity contribution in [3.63, 3.8) is 0 Å². The number of rotatable bonds is 5. The van der Waals surface area contributed by atoms with Gasteiger partial charge in [0, 0.05) is 30.7 Å². The van der Waals surface area contributed by atoms with Gasteiger partial charge in [0.2, 0.25) is 0 Å². The van der Waals surface area contributed by atoms with E-state index in [2.05, 4.69) is 79.5 Å². The van der Waals surface area contributed by atoms with Crippen molar-refractivity contribution >= 4 is 5.71 Å². The van der Waals surface area contributed by atoms with Crippen LogP contribution >= 0.6 is 0 Å². The third-order valence-electron chi connectivity index (χ3n) is 5.16. The highest BCUT2D eigenvalue weighted by molar-refractivity contribution is 6.04. The molecule has 0 bridgehead atoms. The van der Waals surface area contributed by atoms with Crippen molar-refractivity contribution in [2.75, 3.05) is 13.1 Å². The summed E-state index contributed by atoms with van der Waals surface area (Å²) in [7, 11) is 0. The number of nitrogens with one attached hydrogen (secondary N) is 1. The average molecular weight is 309 g/mol. The summed E-state index contributed by atoms with van der Waals surface area (Å²) in [4.78, 5) is 2.58. The molecule has 0 amide bonds. The highest BCUT2D eigenvalue weighted by Gasteiger charge is 2.26. The molecule has 0 saturated carbocycles. The second-order valence-corrected chi connectivity index (χ2v) is 6.70. The summed E-state index contributed by atoms with van der Waals surface area (Å²) >= 11 is 0. The van der Waals surface area contributed by atoms with Crippen molar-refractivity contribution in [1.29, 1.82) is 0 Å². The van der Waals surface area contributed by atoms with E-state index in [0.29, 0.717) is 12.1 Å². The van der Waals surface area contributed by atoms with E-state index in [1.807, 2.05) is 0 Å². The summed E-state index contributed by atoms with van der Waals surface area (Å²) in [6, 6.07) is 9.77. The molecule has 0 aromatic heterocycles. The first-order valence-electron chi connectivity index (χ1n) is 8.58. The normalized spacial score (nSPS) is 22.6. The fourth-order valence-electron chi connectivity index (χ4n) is 3.61. The molecule has 2 atom stereocenters. The number of benzene rings is 1. The maximum absolute atomic E-state index is 4.53. The van der Waals surface area contributed by atoms with E-state index in [0.717, 1.165) is 25.2 Å². The molecule has 0 saturated heterocycles. The second-order valence-electron chi connectivity index (χ2n) is 6.70. The zero-order chi connectivity index (χ0) is 16.4. The Morgan fingerprint density at radius 3 is 2.83 bits per heavy atom. The van der Waals surface area contributed by atoms with E-state index < -0.39 is 0 Å². The van der Waals surface area contributed by atoms with Crippen molar-refractivity contribution in [3.05, 3.63) is 58.7 Å². The lowest BCUT2D eigenvalue weighted by Crippen LogP contribution is -2.44. The number of allylic oxidation sites excluding steroid dienone is 4. The van der Waals surface area contributed by atoms with Gasteiger partial charge in [-0.3, -0.25) is 4.90 Å². The summed E-state index contributed by atoms with van der Waals surface area (Å²) in [5.41, 5.74) is 9.92. The smallest absolute Gasteiger partial charge is 0.0646 e. The quantitative estimate of drug-likeness (QED) is 0.661. The molecule has 1 aromatic carbocycles. The van der Waals surface area contributed by atoms with Crippen molar-refractivity contribution in [2.24, 2.45) is 5.10 Å². The molecule has 1 N–H and O–H groups in total. The van der Waals surface area contributed by atoms with Gasteiger partial charge in [-0.1, -0.05) is 36.4 Å². The molecular formula is C20H27N3. The predicted molar refractivity (Wildman–Crippen MR) is 97.7 cm³/mol. The summed E-state index contributed by atoms with van der Waals surface area (Å²) in [5.74, 6) is 0. The molecule has 122 valence electrons. The van der Waals surface area contributed by atoms with Crippen LogP contribution in [0.15, 0.2) is 52.7 Å². The van der Waals surface area contributed by atoms with Gasteiger partial charge in [0.15, 0.2) is 0 Å². The number of hydrogen-bond acceptors (Lipinski definition) is 3. The van der Waals surface area contributed by atoms with Gasteiger partial charge in [0.25, 0.3) is 0 Å². The van der Waals surface area contributed by atoms with Gasteiger partial charge in [0.05, 0.1) is 5.71 Å². The Hall–Kier alpha value is -1.87. The van der Waals surface area contributed by atoms with Crippen LogP contribution in [0.2, 0.25) is 0 Å². The minimum atomic E-state index is 0.460.